The lowest BCUT2D eigenvalue weighted by atomic mass is 9.86. The number of carbonyl (C=O) groups is 3. The van der Waals surface area contributed by atoms with Crippen molar-refractivity contribution >= 4 is 34.0 Å². The molecule has 0 N–H and O–H groups in total. The summed E-state index contributed by atoms with van der Waals surface area (Å²) >= 11 is 3.42. The number of hydrogen-bond donors (Lipinski definition) is 0. The van der Waals surface area contributed by atoms with E-state index in [1.54, 1.807) is 27.7 Å². The molecule has 0 aliphatic carbocycles. The SMILES string of the molecule is COC(=O)[C@@H]1CC[C@@H]([C@]2(CCCCBr)C=C(C)C(=O)O2)N1C(=O)OC(C)(C)C. The number of hydrogen-bond acceptors (Lipinski definition) is 6. The fraction of sp³-hybridized carbons (Fsp3) is 0.750. The number of alkyl halides is 1. The molecule has 1 amide bonds. The highest BCUT2D eigenvalue weighted by Crippen LogP contribution is 2.42. The Morgan fingerprint density at radius 3 is 2.50 bits per heavy atom. The maximum absolute atomic E-state index is 13.0. The zero-order chi connectivity index (χ0) is 21.1. The van der Waals surface area contributed by atoms with Crippen molar-refractivity contribution in [2.45, 2.75) is 83.1 Å². The lowest BCUT2D eigenvalue weighted by molar-refractivity contribution is -0.154. The number of cyclic esters (lactones) is 1. The fourth-order valence-electron chi connectivity index (χ4n) is 3.89. The number of carbonyl (C=O) groups excluding carboxylic acids is 3. The Labute approximate surface area is 174 Å². The largest absolute Gasteiger partial charge is 0.467 e. The van der Waals surface area contributed by atoms with E-state index >= 15 is 0 Å². The molecule has 2 heterocycles. The van der Waals surface area contributed by atoms with Gasteiger partial charge in [0.25, 0.3) is 0 Å². The summed E-state index contributed by atoms with van der Waals surface area (Å²) in [5.41, 5.74) is -1.15. The smallest absolute Gasteiger partial charge is 0.411 e. The Kier molecular flexibility index (Phi) is 7.17. The maximum Gasteiger partial charge on any atom is 0.411 e. The average Bonchev–Trinajstić information content (AvgIpc) is 3.16. The zero-order valence-corrected chi connectivity index (χ0v) is 18.8. The van der Waals surface area contributed by atoms with Crippen LogP contribution in [0.15, 0.2) is 11.6 Å². The Hall–Kier alpha value is -1.57. The van der Waals surface area contributed by atoms with Crippen LogP contribution in [0.3, 0.4) is 0 Å². The molecule has 158 valence electrons. The van der Waals surface area contributed by atoms with Crippen LogP contribution in [0.2, 0.25) is 0 Å². The number of likely N-dealkylation sites (tertiary alicyclic amines) is 1. The molecule has 0 unspecified atom stereocenters. The molecule has 7 nitrogen and oxygen atoms in total. The standard InChI is InChI=1S/C20H30BrNO6/c1-13-12-20(27-16(13)23,10-6-7-11-21)15-9-8-14(17(24)26-5)22(15)18(25)28-19(2,3)4/h12,14-15H,6-11H2,1-5H3/t14-,15-,20-/m0/s1. The van der Waals surface area contributed by atoms with Crippen molar-refractivity contribution in [1.82, 2.24) is 4.90 Å². The van der Waals surface area contributed by atoms with Gasteiger partial charge in [-0.2, -0.15) is 0 Å². The molecular formula is C20H30BrNO6. The molecule has 0 radical (unpaired) electrons. The average molecular weight is 460 g/mol. The Morgan fingerprint density at radius 1 is 1.32 bits per heavy atom. The molecule has 28 heavy (non-hydrogen) atoms. The van der Waals surface area contributed by atoms with Crippen LogP contribution in [0.5, 0.6) is 0 Å². The Bertz CT molecular complexity index is 656. The van der Waals surface area contributed by atoms with E-state index in [2.05, 4.69) is 15.9 Å². The zero-order valence-electron chi connectivity index (χ0n) is 17.2. The van der Waals surface area contributed by atoms with Gasteiger partial charge in [-0.3, -0.25) is 4.90 Å². The summed E-state index contributed by atoms with van der Waals surface area (Å²) in [4.78, 5) is 39.0. The molecule has 3 atom stereocenters. The molecule has 0 aromatic carbocycles. The van der Waals surface area contributed by atoms with Crippen LogP contribution in [0, 0.1) is 0 Å². The maximum atomic E-state index is 13.0. The van der Waals surface area contributed by atoms with E-state index in [0.29, 0.717) is 24.8 Å². The van der Waals surface area contributed by atoms with Gasteiger partial charge in [0.05, 0.1) is 13.2 Å². The van der Waals surface area contributed by atoms with Crippen molar-refractivity contribution < 1.29 is 28.6 Å². The fourth-order valence-corrected chi connectivity index (χ4v) is 4.28. The second-order valence-electron chi connectivity index (χ2n) is 8.34. The van der Waals surface area contributed by atoms with E-state index in [9.17, 15) is 14.4 Å². The molecule has 2 aliphatic heterocycles. The summed E-state index contributed by atoms with van der Waals surface area (Å²) in [5.74, 6) is -0.876. The predicted octanol–water partition coefficient (Wildman–Crippen LogP) is 3.73. The van der Waals surface area contributed by atoms with Gasteiger partial charge in [-0.25, -0.2) is 14.4 Å². The van der Waals surface area contributed by atoms with Crippen molar-refractivity contribution in [3.05, 3.63) is 11.6 Å². The van der Waals surface area contributed by atoms with E-state index in [1.807, 2.05) is 6.08 Å². The second-order valence-corrected chi connectivity index (χ2v) is 9.13. The third-order valence-electron chi connectivity index (χ3n) is 5.04. The Balaban J connectivity index is 2.40. The van der Waals surface area contributed by atoms with Crippen molar-refractivity contribution in [2.24, 2.45) is 0 Å². The molecule has 1 saturated heterocycles. The molecule has 0 aromatic rings. The summed E-state index contributed by atoms with van der Waals surface area (Å²) in [7, 11) is 1.30. The lowest BCUT2D eigenvalue weighted by Crippen LogP contribution is -2.56. The topological polar surface area (TPSA) is 82.1 Å². The van der Waals surface area contributed by atoms with Gasteiger partial charge in [-0.15, -0.1) is 0 Å². The number of unbranched alkanes of at least 4 members (excludes halogenated alkanes) is 1. The monoisotopic (exact) mass is 459 g/mol. The van der Waals surface area contributed by atoms with Crippen molar-refractivity contribution in [1.29, 1.82) is 0 Å². The van der Waals surface area contributed by atoms with Gasteiger partial charge in [0, 0.05) is 10.9 Å². The predicted molar refractivity (Wildman–Crippen MR) is 107 cm³/mol. The third-order valence-corrected chi connectivity index (χ3v) is 5.60. The van der Waals surface area contributed by atoms with Gasteiger partial charge in [0.2, 0.25) is 0 Å². The molecule has 0 saturated carbocycles. The quantitative estimate of drug-likeness (QED) is 0.260. The molecular weight excluding hydrogens is 430 g/mol. The molecule has 0 bridgehead atoms. The Morgan fingerprint density at radius 2 is 2.00 bits per heavy atom. The van der Waals surface area contributed by atoms with Crippen LogP contribution in [-0.2, 0) is 23.8 Å². The summed E-state index contributed by atoms with van der Waals surface area (Å²) in [6.45, 7) is 7.02. The normalized spacial score (nSPS) is 27.4. The number of ether oxygens (including phenoxy) is 3. The summed E-state index contributed by atoms with van der Waals surface area (Å²) in [5, 5.41) is 0.838. The van der Waals surface area contributed by atoms with E-state index in [4.69, 9.17) is 14.2 Å². The highest BCUT2D eigenvalue weighted by molar-refractivity contribution is 9.09. The van der Waals surface area contributed by atoms with Crippen LogP contribution in [-0.4, -0.2) is 58.7 Å². The van der Waals surface area contributed by atoms with Crippen molar-refractivity contribution in [2.75, 3.05) is 12.4 Å². The lowest BCUT2D eigenvalue weighted by Gasteiger charge is -2.40. The minimum Gasteiger partial charge on any atom is -0.467 e. The molecule has 0 aromatic heterocycles. The van der Waals surface area contributed by atoms with Crippen LogP contribution in [0.25, 0.3) is 0 Å². The number of amides is 1. The second kappa shape index (κ2) is 8.84. The molecule has 1 fully saturated rings. The number of esters is 2. The summed E-state index contributed by atoms with van der Waals surface area (Å²) < 4.78 is 16.3. The summed E-state index contributed by atoms with van der Waals surface area (Å²) in [6.07, 6.45) is 4.45. The van der Waals surface area contributed by atoms with E-state index in [-0.39, 0.29) is 5.97 Å². The van der Waals surface area contributed by atoms with Gasteiger partial charge in [-0.1, -0.05) is 15.9 Å². The van der Waals surface area contributed by atoms with Gasteiger partial charge < -0.3 is 14.2 Å². The highest BCUT2D eigenvalue weighted by atomic mass is 79.9. The van der Waals surface area contributed by atoms with E-state index in [0.717, 1.165) is 18.2 Å². The first-order valence-corrected chi connectivity index (χ1v) is 10.7. The van der Waals surface area contributed by atoms with E-state index in [1.165, 1.54) is 12.0 Å². The first-order chi connectivity index (χ1) is 13.0. The van der Waals surface area contributed by atoms with Crippen LogP contribution >= 0.6 is 15.9 Å². The van der Waals surface area contributed by atoms with Crippen LogP contribution in [0.1, 0.15) is 59.8 Å². The number of nitrogens with zero attached hydrogens (tertiary/aromatic N) is 1. The minimum atomic E-state index is -0.955. The number of halogens is 1. The molecule has 2 aliphatic rings. The highest BCUT2D eigenvalue weighted by Gasteiger charge is 2.55. The minimum absolute atomic E-state index is 0.385. The number of methoxy groups -OCH3 is 1. The number of rotatable bonds is 6. The van der Waals surface area contributed by atoms with Crippen molar-refractivity contribution in [3.63, 3.8) is 0 Å². The van der Waals surface area contributed by atoms with Gasteiger partial charge in [-0.05, 0) is 65.9 Å². The van der Waals surface area contributed by atoms with Gasteiger partial charge >= 0.3 is 18.0 Å². The van der Waals surface area contributed by atoms with Crippen LogP contribution < -0.4 is 0 Å². The van der Waals surface area contributed by atoms with Gasteiger partial charge in [0.1, 0.15) is 11.6 Å². The van der Waals surface area contributed by atoms with Crippen LogP contribution in [0.4, 0.5) is 4.79 Å². The summed E-state index contributed by atoms with van der Waals surface area (Å²) in [6, 6.07) is -1.24. The first kappa shape index (κ1) is 22.7. The third kappa shape index (κ3) is 4.88. The molecule has 2 rings (SSSR count). The van der Waals surface area contributed by atoms with Crippen molar-refractivity contribution in [3.8, 4) is 0 Å². The molecule has 0 spiro atoms. The first-order valence-electron chi connectivity index (χ1n) is 9.62. The van der Waals surface area contributed by atoms with Gasteiger partial charge in [0.15, 0.2) is 5.60 Å². The molecule has 8 heteroatoms. The van der Waals surface area contributed by atoms with E-state index < -0.39 is 35.3 Å².